The summed E-state index contributed by atoms with van der Waals surface area (Å²) in [5, 5.41) is 0. The predicted molar refractivity (Wildman–Crippen MR) is 39.3 cm³/mol. The zero-order chi connectivity index (χ0) is 5.98. The fourth-order valence-corrected chi connectivity index (χ4v) is 1.55. The van der Waals surface area contributed by atoms with E-state index in [0.717, 1.165) is 0 Å². The van der Waals surface area contributed by atoms with Crippen LogP contribution in [0, 0.1) is 6.26 Å². The van der Waals surface area contributed by atoms with Crippen molar-refractivity contribution < 1.29 is 0 Å². The van der Waals surface area contributed by atoms with Gasteiger partial charge in [0.2, 0.25) is 0 Å². The van der Waals surface area contributed by atoms with E-state index in [2.05, 4.69) is 11.7 Å². The molecule has 0 bridgehead atoms. The molecule has 8 heavy (non-hydrogen) atoms. The highest BCUT2D eigenvalue weighted by molar-refractivity contribution is 8.14. The van der Waals surface area contributed by atoms with E-state index in [0.29, 0.717) is 0 Å². The maximum Gasteiger partial charge on any atom is 0.0252 e. The Hall–Kier alpha value is 0.200. The largest absolute Gasteiger partial charge is 0.306 e. The van der Waals surface area contributed by atoms with Crippen LogP contribution >= 0.6 is 23.9 Å². The molecule has 0 aromatic carbocycles. The van der Waals surface area contributed by atoms with E-state index in [-0.39, 0.29) is 0 Å². The number of nitrogens with zero attached hydrogens (tertiary/aromatic N) is 1. The highest BCUT2D eigenvalue weighted by Gasteiger charge is 2.08. The van der Waals surface area contributed by atoms with Crippen molar-refractivity contribution in [3.63, 3.8) is 0 Å². The van der Waals surface area contributed by atoms with Crippen molar-refractivity contribution in [1.82, 2.24) is 9.25 Å². The van der Waals surface area contributed by atoms with Crippen LogP contribution in [-0.4, -0.2) is 3.82 Å². The maximum absolute atomic E-state index is 3.63. The van der Waals surface area contributed by atoms with Crippen LogP contribution in [0.25, 0.3) is 0 Å². The number of hydrogen-bond donors (Lipinski definition) is 1. The summed E-state index contributed by atoms with van der Waals surface area (Å²) in [5.41, 5.74) is 2.99. The van der Waals surface area contributed by atoms with Gasteiger partial charge in [0.05, 0.1) is 0 Å². The Kier molecular flexibility index (Phi) is 2.10. The molecule has 0 unspecified atom stereocenters. The van der Waals surface area contributed by atoms with Crippen molar-refractivity contribution in [3.8, 4) is 0 Å². The lowest BCUT2D eigenvalue weighted by Crippen LogP contribution is -2.13. The van der Waals surface area contributed by atoms with Crippen molar-refractivity contribution in [2.45, 2.75) is 6.92 Å². The lowest BCUT2D eigenvalue weighted by molar-refractivity contribution is 0.671. The Morgan fingerprint density at radius 2 is 2.75 bits per heavy atom. The van der Waals surface area contributed by atoms with E-state index in [1.807, 2.05) is 16.9 Å². The van der Waals surface area contributed by atoms with Gasteiger partial charge in [-0.15, -0.1) is 3.82 Å². The number of hydrazine groups is 1. The lowest BCUT2D eigenvalue weighted by atomic mass is 10.7. The minimum atomic E-state index is 1.26. The van der Waals surface area contributed by atoms with Crippen molar-refractivity contribution in [2.75, 3.05) is 0 Å². The molecule has 0 aliphatic carbocycles. The first-order valence-corrected chi connectivity index (χ1v) is 3.87. The molecule has 0 atom stereocenters. The molecule has 1 aliphatic heterocycles. The Balaban J connectivity index is 2.32. The first-order chi connectivity index (χ1) is 3.83. The number of nitrogens with one attached hydrogen (secondary N) is 1. The van der Waals surface area contributed by atoms with Gasteiger partial charge in [0.25, 0.3) is 0 Å². The minimum absolute atomic E-state index is 1.26. The highest BCUT2D eigenvalue weighted by atomic mass is 32.2. The third kappa shape index (κ3) is 1.34. The second-order valence-electron chi connectivity index (χ2n) is 1.36. The van der Waals surface area contributed by atoms with Gasteiger partial charge < -0.3 is 5.43 Å². The fraction of sp³-hybridized carbons (Fsp3) is 0.250. The minimum Gasteiger partial charge on any atom is -0.306 e. The van der Waals surface area contributed by atoms with Crippen molar-refractivity contribution in [3.05, 3.63) is 17.4 Å². The fourth-order valence-electron chi connectivity index (χ4n) is 0.391. The Bertz CT molecular complexity index is 113. The number of rotatable bonds is 1. The van der Waals surface area contributed by atoms with Gasteiger partial charge >= 0.3 is 0 Å². The molecule has 2 nitrogen and oxygen atoms in total. The standard InChI is InChI=1S/C4H7N2S2/c1-4-3-5-6(7-2)8-4/h3,5H,2H2,1H3. The summed E-state index contributed by atoms with van der Waals surface area (Å²) in [6.45, 7) is 2.05. The predicted octanol–water partition coefficient (Wildman–Crippen LogP) is 1.76. The summed E-state index contributed by atoms with van der Waals surface area (Å²) in [4.78, 5) is 1.26. The van der Waals surface area contributed by atoms with E-state index in [1.54, 1.807) is 11.9 Å². The van der Waals surface area contributed by atoms with Crippen LogP contribution in [-0.2, 0) is 0 Å². The molecule has 0 aromatic heterocycles. The van der Waals surface area contributed by atoms with Crippen molar-refractivity contribution >= 4 is 23.9 Å². The normalized spacial score (nSPS) is 20.5. The van der Waals surface area contributed by atoms with Gasteiger partial charge in [0.15, 0.2) is 0 Å². The zero-order valence-corrected chi connectivity index (χ0v) is 6.18. The Morgan fingerprint density at radius 3 is 3.00 bits per heavy atom. The molecule has 0 saturated heterocycles. The number of hydrogen-bond acceptors (Lipinski definition) is 4. The molecule has 1 heterocycles. The third-order valence-corrected chi connectivity index (χ3v) is 2.27. The van der Waals surface area contributed by atoms with Crippen LogP contribution in [0.1, 0.15) is 6.92 Å². The summed E-state index contributed by atoms with van der Waals surface area (Å²) in [7, 11) is 0. The van der Waals surface area contributed by atoms with Gasteiger partial charge in [0.1, 0.15) is 0 Å². The van der Waals surface area contributed by atoms with E-state index in [1.165, 1.54) is 16.9 Å². The van der Waals surface area contributed by atoms with Crippen LogP contribution in [0.2, 0.25) is 0 Å². The molecular formula is C4H7N2S2. The smallest absolute Gasteiger partial charge is 0.0252 e. The molecule has 0 aromatic rings. The summed E-state index contributed by atoms with van der Waals surface area (Å²) < 4.78 is 1.88. The summed E-state index contributed by atoms with van der Waals surface area (Å²) in [6.07, 6.45) is 5.58. The highest BCUT2D eigenvalue weighted by Crippen LogP contribution is 2.28. The van der Waals surface area contributed by atoms with E-state index in [9.17, 15) is 0 Å². The molecule has 0 fully saturated rings. The third-order valence-electron chi connectivity index (χ3n) is 0.717. The molecular weight excluding hydrogens is 140 g/mol. The van der Waals surface area contributed by atoms with E-state index >= 15 is 0 Å². The quantitative estimate of drug-likeness (QED) is 0.568. The molecule has 45 valence electrons. The first kappa shape index (κ1) is 6.32. The Labute approximate surface area is 57.9 Å². The summed E-state index contributed by atoms with van der Waals surface area (Å²) >= 11 is 3.07. The van der Waals surface area contributed by atoms with Gasteiger partial charge in [-0.3, -0.25) is 0 Å². The van der Waals surface area contributed by atoms with Crippen LogP contribution in [0.3, 0.4) is 0 Å². The summed E-state index contributed by atoms with van der Waals surface area (Å²) in [6, 6.07) is 0. The molecule has 4 heteroatoms. The first-order valence-electron chi connectivity index (χ1n) is 2.16. The van der Waals surface area contributed by atoms with Gasteiger partial charge in [0, 0.05) is 17.4 Å². The van der Waals surface area contributed by atoms with Crippen LogP contribution < -0.4 is 5.43 Å². The van der Waals surface area contributed by atoms with E-state index in [4.69, 9.17) is 0 Å². The second-order valence-corrected chi connectivity index (χ2v) is 3.41. The molecule has 1 N–H and O–H groups in total. The molecule has 0 saturated carbocycles. The molecule has 1 radical (unpaired) electrons. The monoisotopic (exact) mass is 147 g/mol. The van der Waals surface area contributed by atoms with Crippen LogP contribution in [0.4, 0.5) is 0 Å². The molecule has 0 amide bonds. The lowest BCUT2D eigenvalue weighted by Gasteiger charge is -2.07. The average molecular weight is 147 g/mol. The van der Waals surface area contributed by atoms with Gasteiger partial charge in [-0.25, -0.2) is 0 Å². The van der Waals surface area contributed by atoms with Gasteiger partial charge in [-0.1, -0.05) is 0 Å². The van der Waals surface area contributed by atoms with Crippen LogP contribution in [0.5, 0.6) is 0 Å². The number of allylic oxidation sites excluding steroid dienone is 1. The summed E-state index contributed by atoms with van der Waals surface area (Å²) in [5.74, 6) is 0. The van der Waals surface area contributed by atoms with Gasteiger partial charge in [-0.05, 0) is 30.8 Å². The SMILES string of the molecule is [CH2]SN1NC=C(C)S1. The van der Waals surface area contributed by atoms with Crippen molar-refractivity contribution in [1.29, 1.82) is 0 Å². The van der Waals surface area contributed by atoms with Crippen molar-refractivity contribution in [2.24, 2.45) is 0 Å². The Morgan fingerprint density at radius 1 is 2.00 bits per heavy atom. The average Bonchev–Trinajstić information content (AvgIpc) is 2.14. The maximum atomic E-state index is 3.63. The second kappa shape index (κ2) is 2.66. The topological polar surface area (TPSA) is 15.3 Å². The van der Waals surface area contributed by atoms with Crippen LogP contribution in [0.15, 0.2) is 11.1 Å². The molecule has 1 aliphatic rings. The zero-order valence-electron chi connectivity index (χ0n) is 4.55. The molecule has 0 spiro atoms. The van der Waals surface area contributed by atoms with E-state index < -0.39 is 0 Å². The molecule has 1 rings (SSSR count). The van der Waals surface area contributed by atoms with Gasteiger partial charge in [-0.2, -0.15) is 0 Å².